The van der Waals surface area contributed by atoms with Gasteiger partial charge in [-0.1, -0.05) is 6.07 Å². The molecule has 1 aliphatic rings. The highest BCUT2D eigenvalue weighted by molar-refractivity contribution is 7.91. The first-order valence-corrected chi connectivity index (χ1v) is 7.43. The van der Waals surface area contributed by atoms with Gasteiger partial charge in [-0.2, -0.15) is 0 Å². The fraction of sp³-hybridized carbons (Fsp3) is 0.500. The number of carbonyl (C=O) groups excluding carboxylic acids is 1. The Morgan fingerprint density at radius 2 is 2.24 bits per heavy atom. The molecule has 2 heterocycles. The van der Waals surface area contributed by atoms with Gasteiger partial charge in [0.2, 0.25) is 0 Å². The lowest BCUT2D eigenvalue weighted by Gasteiger charge is -2.06. The van der Waals surface area contributed by atoms with E-state index in [1.165, 1.54) is 0 Å². The van der Waals surface area contributed by atoms with E-state index >= 15 is 0 Å². The lowest BCUT2D eigenvalue weighted by Crippen LogP contribution is -2.18. The normalized spacial score (nSPS) is 22.5. The van der Waals surface area contributed by atoms with Gasteiger partial charge in [0.25, 0.3) is 0 Å². The van der Waals surface area contributed by atoms with Crippen LogP contribution in [0.5, 0.6) is 0 Å². The summed E-state index contributed by atoms with van der Waals surface area (Å²) in [7, 11) is -2.98. The Morgan fingerprint density at radius 3 is 2.76 bits per heavy atom. The molecule has 0 N–H and O–H groups in total. The summed E-state index contributed by atoms with van der Waals surface area (Å²) in [5, 5.41) is 0. The first-order chi connectivity index (χ1) is 7.96. The van der Waals surface area contributed by atoms with Gasteiger partial charge in [-0.05, 0) is 25.0 Å². The van der Waals surface area contributed by atoms with Crippen LogP contribution in [0.1, 0.15) is 17.7 Å². The number of sulfone groups is 1. The molecule has 0 saturated carbocycles. The van der Waals surface area contributed by atoms with Crippen molar-refractivity contribution in [1.29, 1.82) is 0 Å². The Balaban J connectivity index is 2.01. The predicted molar refractivity (Wildman–Crippen MR) is 64.4 cm³/mol. The molecule has 0 amide bonds. The van der Waals surface area contributed by atoms with E-state index in [4.69, 9.17) is 0 Å². The van der Waals surface area contributed by atoms with Crippen molar-refractivity contribution in [2.45, 2.75) is 19.8 Å². The molecule has 5 heteroatoms. The first kappa shape index (κ1) is 12.2. The molecule has 92 valence electrons. The van der Waals surface area contributed by atoms with Crippen molar-refractivity contribution in [3.05, 3.63) is 29.6 Å². The van der Waals surface area contributed by atoms with Gasteiger partial charge in [0.05, 0.1) is 11.5 Å². The molecule has 0 spiro atoms. The Kier molecular flexibility index (Phi) is 3.28. The maximum atomic E-state index is 11.9. The largest absolute Gasteiger partial charge is 0.299 e. The van der Waals surface area contributed by atoms with Gasteiger partial charge >= 0.3 is 0 Å². The minimum Gasteiger partial charge on any atom is -0.299 e. The molecule has 1 aromatic rings. The van der Waals surface area contributed by atoms with E-state index in [2.05, 4.69) is 4.98 Å². The molecule has 1 fully saturated rings. The molecule has 0 bridgehead atoms. The second-order valence-electron chi connectivity index (χ2n) is 4.57. The summed E-state index contributed by atoms with van der Waals surface area (Å²) >= 11 is 0. The SMILES string of the molecule is Cc1ccc(CC(=O)C2CCS(=O)(=O)C2)nc1. The van der Waals surface area contributed by atoms with Gasteiger partial charge in [-0.25, -0.2) is 8.42 Å². The van der Waals surface area contributed by atoms with Gasteiger partial charge in [-0.3, -0.25) is 9.78 Å². The van der Waals surface area contributed by atoms with E-state index < -0.39 is 9.84 Å². The minimum absolute atomic E-state index is 0.0116. The fourth-order valence-corrected chi connectivity index (χ4v) is 3.75. The van der Waals surface area contributed by atoms with Crippen LogP contribution in [0.3, 0.4) is 0 Å². The highest BCUT2D eigenvalue weighted by Crippen LogP contribution is 2.20. The van der Waals surface area contributed by atoms with Crippen LogP contribution in [-0.4, -0.2) is 30.7 Å². The molecule has 1 saturated heterocycles. The minimum atomic E-state index is -2.98. The molecule has 17 heavy (non-hydrogen) atoms. The first-order valence-electron chi connectivity index (χ1n) is 5.61. The van der Waals surface area contributed by atoms with E-state index in [9.17, 15) is 13.2 Å². The predicted octanol–water partition coefficient (Wildman–Crippen LogP) is 0.936. The monoisotopic (exact) mass is 253 g/mol. The molecule has 0 aromatic carbocycles. The van der Waals surface area contributed by atoms with Gasteiger partial charge in [0.15, 0.2) is 9.84 Å². The molecular formula is C12H15NO3S. The second kappa shape index (κ2) is 4.56. The zero-order valence-corrected chi connectivity index (χ0v) is 10.5. The second-order valence-corrected chi connectivity index (χ2v) is 6.80. The molecule has 1 unspecified atom stereocenters. The van der Waals surface area contributed by atoms with Crippen LogP contribution < -0.4 is 0 Å². The number of pyridine rings is 1. The van der Waals surface area contributed by atoms with Crippen molar-refractivity contribution in [2.75, 3.05) is 11.5 Å². The van der Waals surface area contributed by atoms with E-state index in [-0.39, 0.29) is 29.6 Å². The maximum Gasteiger partial charge on any atom is 0.151 e. The third-order valence-electron chi connectivity index (χ3n) is 3.02. The zero-order chi connectivity index (χ0) is 12.5. The summed E-state index contributed by atoms with van der Waals surface area (Å²) in [6, 6.07) is 3.72. The number of rotatable bonds is 3. The third-order valence-corrected chi connectivity index (χ3v) is 4.78. The smallest absolute Gasteiger partial charge is 0.151 e. The average molecular weight is 253 g/mol. The molecule has 4 nitrogen and oxygen atoms in total. The Labute approximate surface area is 101 Å². The highest BCUT2D eigenvalue weighted by Gasteiger charge is 2.32. The number of Topliss-reactive ketones (excluding diaryl/α,β-unsaturated/α-hetero) is 1. The summed E-state index contributed by atoms with van der Waals surface area (Å²) in [5.74, 6) is -0.187. The summed E-state index contributed by atoms with van der Waals surface area (Å²) < 4.78 is 22.5. The highest BCUT2D eigenvalue weighted by atomic mass is 32.2. The van der Waals surface area contributed by atoms with Crippen LogP contribution in [-0.2, 0) is 21.1 Å². The number of hydrogen-bond acceptors (Lipinski definition) is 4. The Hall–Kier alpha value is -1.23. The molecule has 0 radical (unpaired) electrons. The number of ketones is 1. The van der Waals surface area contributed by atoms with Crippen molar-refractivity contribution in [2.24, 2.45) is 5.92 Å². The number of aromatic nitrogens is 1. The summed E-state index contributed by atoms with van der Waals surface area (Å²) in [6.45, 7) is 1.93. The van der Waals surface area contributed by atoms with E-state index in [1.807, 2.05) is 19.1 Å². The van der Waals surface area contributed by atoms with Crippen LogP contribution >= 0.6 is 0 Å². The quantitative estimate of drug-likeness (QED) is 0.804. The summed E-state index contributed by atoms with van der Waals surface area (Å²) in [6.07, 6.45) is 2.42. The van der Waals surface area contributed by atoms with Crippen molar-refractivity contribution < 1.29 is 13.2 Å². The van der Waals surface area contributed by atoms with Gasteiger partial charge in [0, 0.05) is 24.2 Å². The summed E-state index contributed by atoms with van der Waals surface area (Å²) in [4.78, 5) is 16.0. The average Bonchev–Trinajstić information content (AvgIpc) is 2.62. The standard InChI is InChI=1S/C12H15NO3S/c1-9-2-3-11(13-7-9)6-12(14)10-4-5-17(15,16)8-10/h2-3,7,10H,4-6,8H2,1H3. The van der Waals surface area contributed by atoms with Gasteiger partial charge in [0.1, 0.15) is 5.78 Å². The Morgan fingerprint density at radius 1 is 1.47 bits per heavy atom. The maximum absolute atomic E-state index is 11.9. The van der Waals surface area contributed by atoms with Gasteiger partial charge < -0.3 is 0 Å². The third kappa shape index (κ3) is 3.12. The van der Waals surface area contributed by atoms with Crippen molar-refractivity contribution in [3.63, 3.8) is 0 Å². The Bertz CT molecular complexity index is 519. The van der Waals surface area contributed by atoms with Crippen LogP contribution in [0.15, 0.2) is 18.3 Å². The molecule has 0 aliphatic carbocycles. The van der Waals surface area contributed by atoms with Crippen LogP contribution in [0.2, 0.25) is 0 Å². The molecule has 1 aromatic heterocycles. The lowest BCUT2D eigenvalue weighted by atomic mass is 9.99. The summed E-state index contributed by atoms with van der Waals surface area (Å²) in [5.41, 5.74) is 1.76. The van der Waals surface area contributed by atoms with Crippen LogP contribution in [0.4, 0.5) is 0 Å². The van der Waals surface area contributed by atoms with Crippen molar-refractivity contribution in [3.8, 4) is 0 Å². The molecule has 1 aliphatic heterocycles. The molecule has 2 rings (SSSR count). The van der Waals surface area contributed by atoms with Gasteiger partial charge in [-0.15, -0.1) is 0 Å². The number of nitrogens with zero attached hydrogens (tertiary/aromatic N) is 1. The van der Waals surface area contributed by atoms with Crippen LogP contribution in [0, 0.1) is 12.8 Å². The topological polar surface area (TPSA) is 64.1 Å². The van der Waals surface area contributed by atoms with E-state index in [0.717, 1.165) is 5.56 Å². The number of carbonyl (C=O) groups is 1. The lowest BCUT2D eigenvalue weighted by molar-refractivity contribution is -0.121. The van der Waals surface area contributed by atoms with Crippen LogP contribution in [0.25, 0.3) is 0 Å². The van der Waals surface area contributed by atoms with E-state index in [0.29, 0.717) is 12.1 Å². The molecule has 1 atom stereocenters. The van der Waals surface area contributed by atoms with Crippen molar-refractivity contribution in [1.82, 2.24) is 4.98 Å². The number of aryl methyl sites for hydroxylation is 1. The molecular weight excluding hydrogens is 238 g/mol. The zero-order valence-electron chi connectivity index (χ0n) is 9.72. The fourth-order valence-electron chi connectivity index (χ4n) is 1.97. The van der Waals surface area contributed by atoms with E-state index in [1.54, 1.807) is 6.20 Å². The number of hydrogen-bond donors (Lipinski definition) is 0. The van der Waals surface area contributed by atoms with Crippen molar-refractivity contribution >= 4 is 15.6 Å².